The highest BCUT2D eigenvalue weighted by Crippen LogP contribution is 2.16. The molecule has 0 aromatic heterocycles. The SMILES string of the molecule is CCNC(O)c1ccc(CNC(=O)OC(C)(C)C)cc1F. The summed E-state index contributed by atoms with van der Waals surface area (Å²) >= 11 is 0. The first-order valence-electron chi connectivity index (χ1n) is 6.89. The molecule has 1 aromatic carbocycles. The number of ether oxygens (including phenoxy) is 1. The number of carbonyl (C=O) groups is 1. The van der Waals surface area contributed by atoms with Gasteiger partial charge in [0, 0.05) is 12.1 Å². The Bertz CT molecular complexity index is 486. The average Bonchev–Trinajstić information content (AvgIpc) is 2.34. The molecule has 1 amide bonds. The fraction of sp³-hybridized carbons (Fsp3) is 0.533. The molecule has 0 radical (unpaired) electrons. The van der Waals surface area contributed by atoms with Crippen molar-refractivity contribution in [1.29, 1.82) is 0 Å². The van der Waals surface area contributed by atoms with Crippen LogP contribution in [-0.4, -0.2) is 23.3 Å². The maximum Gasteiger partial charge on any atom is 0.407 e. The number of hydrogen-bond acceptors (Lipinski definition) is 4. The van der Waals surface area contributed by atoms with Crippen molar-refractivity contribution in [2.75, 3.05) is 6.54 Å². The van der Waals surface area contributed by atoms with Crippen LogP contribution in [0.15, 0.2) is 18.2 Å². The van der Waals surface area contributed by atoms with E-state index in [1.165, 1.54) is 12.1 Å². The lowest BCUT2D eigenvalue weighted by atomic mass is 10.1. The van der Waals surface area contributed by atoms with Gasteiger partial charge in [-0.25, -0.2) is 9.18 Å². The molecule has 1 rings (SSSR count). The minimum atomic E-state index is -1.04. The van der Waals surface area contributed by atoms with E-state index in [-0.39, 0.29) is 12.1 Å². The van der Waals surface area contributed by atoms with Crippen molar-refractivity contribution in [1.82, 2.24) is 10.6 Å². The summed E-state index contributed by atoms with van der Waals surface area (Å²) in [6.07, 6.45) is -1.59. The summed E-state index contributed by atoms with van der Waals surface area (Å²) in [6.45, 7) is 7.81. The molecule has 5 nitrogen and oxygen atoms in total. The Hall–Kier alpha value is -1.66. The Kier molecular flexibility index (Phi) is 6.11. The van der Waals surface area contributed by atoms with Crippen LogP contribution in [0, 0.1) is 5.82 Å². The van der Waals surface area contributed by atoms with Gasteiger partial charge in [0.2, 0.25) is 0 Å². The zero-order chi connectivity index (χ0) is 16.0. The average molecular weight is 298 g/mol. The number of aliphatic hydroxyl groups is 1. The van der Waals surface area contributed by atoms with Crippen molar-refractivity contribution in [3.63, 3.8) is 0 Å². The van der Waals surface area contributed by atoms with E-state index in [0.717, 1.165) is 0 Å². The van der Waals surface area contributed by atoms with Crippen molar-refractivity contribution in [3.05, 3.63) is 35.1 Å². The maximum absolute atomic E-state index is 13.9. The molecular weight excluding hydrogens is 275 g/mol. The number of amides is 1. The molecule has 0 aliphatic rings. The highest BCUT2D eigenvalue weighted by atomic mass is 19.1. The predicted octanol–water partition coefficient (Wildman–Crippen LogP) is 2.45. The molecule has 3 N–H and O–H groups in total. The van der Waals surface area contributed by atoms with Crippen molar-refractivity contribution >= 4 is 6.09 Å². The molecular formula is C15H23FN2O3. The zero-order valence-corrected chi connectivity index (χ0v) is 12.9. The van der Waals surface area contributed by atoms with Crippen molar-refractivity contribution in [3.8, 4) is 0 Å². The first-order chi connectivity index (χ1) is 9.73. The van der Waals surface area contributed by atoms with Crippen molar-refractivity contribution in [2.24, 2.45) is 0 Å². The zero-order valence-electron chi connectivity index (χ0n) is 12.9. The molecule has 0 aliphatic heterocycles. The van der Waals surface area contributed by atoms with Crippen LogP contribution in [0.2, 0.25) is 0 Å². The normalized spacial score (nSPS) is 12.9. The second kappa shape index (κ2) is 7.38. The molecule has 1 atom stereocenters. The Morgan fingerprint density at radius 1 is 1.43 bits per heavy atom. The first-order valence-corrected chi connectivity index (χ1v) is 6.89. The van der Waals surface area contributed by atoms with E-state index in [4.69, 9.17) is 4.74 Å². The van der Waals surface area contributed by atoms with Gasteiger partial charge in [0.05, 0.1) is 0 Å². The molecule has 0 heterocycles. The van der Waals surface area contributed by atoms with Crippen LogP contribution in [0.3, 0.4) is 0 Å². The number of carbonyl (C=O) groups excluding carboxylic acids is 1. The van der Waals surface area contributed by atoms with Gasteiger partial charge in [-0.15, -0.1) is 0 Å². The lowest BCUT2D eigenvalue weighted by Crippen LogP contribution is -2.32. The molecule has 0 fully saturated rings. The summed E-state index contributed by atoms with van der Waals surface area (Å²) in [7, 11) is 0. The first kappa shape index (κ1) is 17.4. The van der Waals surface area contributed by atoms with Gasteiger partial charge in [-0.1, -0.05) is 19.1 Å². The van der Waals surface area contributed by atoms with Crippen molar-refractivity contribution in [2.45, 2.75) is 46.1 Å². The van der Waals surface area contributed by atoms with Gasteiger partial charge in [-0.2, -0.15) is 0 Å². The molecule has 1 aromatic rings. The van der Waals surface area contributed by atoms with Crippen LogP contribution < -0.4 is 10.6 Å². The summed E-state index contributed by atoms with van der Waals surface area (Å²) in [5, 5.41) is 15.0. The van der Waals surface area contributed by atoms with Gasteiger partial charge < -0.3 is 15.2 Å². The second-order valence-corrected chi connectivity index (χ2v) is 5.67. The number of halogens is 1. The van der Waals surface area contributed by atoms with E-state index in [0.29, 0.717) is 12.1 Å². The monoisotopic (exact) mass is 298 g/mol. The van der Waals surface area contributed by atoms with Gasteiger partial charge >= 0.3 is 6.09 Å². The number of alkyl carbamates (subject to hydrolysis) is 1. The Morgan fingerprint density at radius 2 is 2.10 bits per heavy atom. The van der Waals surface area contributed by atoms with E-state index in [1.807, 2.05) is 6.92 Å². The van der Waals surface area contributed by atoms with Gasteiger partial charge in [-0.05, 0) is 38.9 Å². The smallest absolute Gasteiger partial charge is 0.407 e. The highest BCUT2D eigenvalue weighted by molar-refractivity contribution is 5.67. The van der Waals surface area contributed by atoms with Crippen LogP contribution >= 0.6 is 0 Å². The van der Waals surface area contributed by atoms with E-state index in [9.17, 15) is 14.3 Å². The van der Waals surface area contributed by atoms with Gasteiger partial charge in [0.1, 0.15) is 17.6 Å². The molecule has 0 aliphatic carbocycles. The second-order valence-electron chi connectivity index (χ2n) is 5.67. The summed E-state index contributed by atoms with van der Waals surface area (Å²) in [5.41, 5.74) is 0.193. The molecule has 118 valence electrons. The number of aliphatic hydroxyl groups excluding tert-OH is 1. The molecule has 0 bridgehead atoms. The lowest BCUT2D eigenvalue weighted by Gasteiger charge is -2.19. The molecule has 0 saturated carbocycles. The van der Waals surface area contributed by atoms with Crippen LogP contribution in [0.25, 0.3) is 0 Å². The highest BCUT2D eigenvalue weighted by Gasteiger charge is 2.16. The van der Waals surface area contributed by atoms with Crippen LogP contribution in [0.1, 0.15) is 45.0 Å². The van der Waals surface area contributed by atoms with E-state index in [1.54, 1.807) is 26.8 Å². The fourth-order valence-electron chi connectivity index (χ4n) is 1.69. The third-order valence-corrected chi connectivity index (χ3v) is 2.59. The van der Waals surface area contributed by atoms with Gasteiger partial charge in [0.15, 0.2) is 0 Å². The summed E-state index contributed by atoms with van der Waals surface area (Å²) < 4.78 is 19.0. The Labute approximate surface area is 124 Å². The third-order valence-electron chi connectivity index (χ3n) is 2.59. The Balaban J connectivity index is 2.62. The minimum Gasteiger partial charge on any atom is -0.444 e. The van der Waals surface area contributed by atoms with E-state index in [2.05, 4.69) is 10.6 Å². The van der Waals surface area contributed by atoms with Crippen LogP contribution in [-0.2, 0) is 11.3 Å². The molecule has 21 heavy (non-hydrogen) atoms. The van der Waals surface area contributed by atoms with Crippen LogP contribution in [0.5, 0.6) is 0 Å². The maximum atomic E-state index is 13.9. The number of nitrogens with one attached hydrogen (secondary N) is 2. The van der Waals surface area contributed by atoms with Gasteiger partial charge in [-0.3, -0.25) is 5.32 Å². The minimum absolute atomic E-state index is 0.156. The quantitative estimate of drug-likeness (QED) is 0.730. The lowest BCUT2D eigenvalue weighted by molar-refractivity contribution is 0.0523. The predicted molar refractivity (Wildman–Crippen MR) is 78.1 cm³/mol. The van der Waals surface area contributed by atoms with Crippen LogP contribution in [0.4, 0.5) is 9.18 Å². The van der Waals surface area contributed by atoms with Gasteiger partial charge in [0.25, 0.3) is 0 Å². The topological polar surface area (TPSA) is 70.6 Å². The Morgan fingerprint density at radius 3 is 2.62 bits per heavy atom. The molecule has 0 spiro atoms. The number of rotatable bonds is 5. The molecule has 0 saturated heterocycles. The van der Waals surface area contributed by atoms with E-state index >= 15 is 0 Å². The largest absolute Gasteiger partial charge is 0.444 e. The fourth-order valence-corrected chi connectivity index (χ4v) is 1.69. The summed E-state index contributed by atoms with van der Waals surface area (Å²) in [5.74, 6) is -0.521. The number of benzene rings is 1. The molecule has 1 unspecified atom stereocenters. The standard InChI is InChI=1S/C15H23FN2O3/c1-5-17-13(19)11-7-6-10(8-12(11)16)9-18-14(20)21-15(2,3)4/h6-8,13,17,19H,5,9H2,1-4H3,(H,18,20). The van der Waals surface area contributed by atoms with E-state index < -0.39 is 23.7 Å². The summed E-state index contributed by atoms with van der Waals surface area (Å²) in [4.78, 5) is 11.5. The summed E-state index contributed by atoms with van der Waals surface area (Å²) in [6, 6.07) is 4.43. The molecule has 6 heteroatoms. The van der Waals surface area contributed by atoms with Crippen molar-refractivity contribution < 1.29 is 19.0 Å². The number of hydrogen-bond donors (Lipinski definition) is 3. The third kappa shape index (κ3) is 6.10.